The van der Waals surface area contributed by atoms with Gasteiger partial charge in [-0.2, -0.15) is 17.5 Å². The standard InChI is InChI=1S/C18H19F3N2O2S/c19-18(20,21)16-7-4-8-17(13-16)26(24,25)23-11-9-22(10-12-23)14-15-5-2-1-3-6-15/h1-8,13H,9-12,14H2/p+1. The van der Waals surface area contributed by atoms with E-state index in [1.165, 1.54) is 20.8 Å². The second kappa shape index (κ2) is 7.38. The number of sulfonamides is 1. The maximum Gasteiger partial charge on any atom is 0.416 e. The van der Waals surface area contributed by atoms with Crippen molar-refractivity contribution in [3.05, 3.63) is 65.7 Å². The lowest BCUT2D eigenvalue weighted by atomic mass is 10.2. The van der Waals surface area contributed by atoms with Crippen LogP contribution in [-0.4, -0.2) is 38.9 Å². The third-order valence-corrected chi connectivity index (χ3v) is 6.42. The van der Waals surface area contributed by atoms with Crippen LogP contribution in [0.25, 0.3) is 0 Å². The molecule has 0 spiro atoms. The number of piperazine rings is 1. The Morgan fingerprint density at radius 3 is 2.23 bits per heavy atom. The summed E-state index contributed by atoms with van der Waals surface area (Å²) in [6, 6.07) is 13.8. The third-order valence-electron chi connectivity index (χ3n) is 4.53. The zero-order valence-electron chi connectivity index (χ0n) is 14.0. The van der Waals surface area contributed by atoms with E-state index in [-0.39, 0.29) is 4.90 Å². The molecule has 8 heteroatoms. The van der Waals surface area contributed by atoms with Gasteiger partial charge in [0.05, 0.1) is 36.6 Å². The molecule has 3 rings (SSSR count). The van der Waals surface area contributed by atoms with Crippen molar-refractivity contribution in [1.82, 2.24) is 4.31 Å². The number of benzene rings is 2. The van der Waals surface area contributed by atoms with Gasteiger partial charge in [-0.3, -0.25) is 0 Å². The number of nitrogens with zero attached hydrogens (tertiary/aromatic N) is 1. The van der Waals surface area contributed by atoms with Gasteiger partial charge in [-0.25, -0.2) is 8.42 Å². The summed E-state index contributed by atoms with van der Waals surface area (Å²) >= 11 is 0. The van der Waals surface area contributed by atoms with Crippen molar-refractivity contribution in [2.24, 2.45) is 0 Å². The van der Waals surface area contributed by atoms with Crippen LogP contribution in [0.4, 0.5) is 13.2 Å². The highest BCUT2D eigenvalue weighted by atomic mass is 32.2. The molecule has 0 bridgehead atoms. The van der Waals surface area contributed by atoms with E-state index in [9.17, 15) is 21.6 Å². The summed E-state index contributed by atoms with van der Waals surface area (Å²) in [5, 5.41) is 0. The molecular weight excluding hydrogens is 365 g/mol. The van der Waals surface area contributed by atoms with Gasteiger partial charge in [-0.05, 0) is 18.2 Å². The Balaban J connectivity index is 1.68. The maximum absolute atomic E-state index is 12.8. The Labute approximate surface area is 150 Å². The minimum Gasteiger partial charge on any atom is -0.329 e. The minimum atomic E-state index is -4.57. The molecule has 0 radical (unpaired) electrons. The molecule has 1 saturated heterocycles. The highest BCUT2D eigenvalue weighted by Crippen LogP contribution is 2.31. The van der Waals surface area contributed by atoms with Crippen molar-refractivity contribution >= 4 is 10.0 Å². The normalized spacial score (nSPS) is 17.3. The maximum atomic E-state index is 12.8. The van der Waals surface area contributed by atoms with Gasteiger partial charge >= 0.3 is 6.18 Å². The summed E-state index contributed by atoms with van der Waals surface area (Å²) in [6.07, 6.45) is -4.57. The van der Waals surface area contributed by atoms with Crippen LogP contribution in [0.5, 0.6) is 0 Å². The first kappa shape index (κ1) is 18.9. The zero-order chi connectivity index (χ0) is 18.8. The molecule has 1 N–H and O–H groups in total. The second-order valence-electron chi connectivity index (χ2n) is 6.34. The van der Waals surface area contributed by atoms with Gasteiger partial charge in [-0.15, -0.1) is 0 Å². The van der Waals surface area contributed by atoms with Crippen molar-refractivity contribution in [2.75, 3.05) is 26.2 Å². The van der Waals surface area contributed by atoms with E-state index in [2.05, 4.69) is 0 Å². The molecule has 4 nitrogen and oxygen atoms in total. The average Bonchev–Trinajstić information content (AvgIpc) is 2.62. The topological polar surface area (TPSA) is 41.8 Å². The number of alkyl halides is 3. The summed E-state index contributed by atoms with van der Waals surface area (Å²) in [6.45, 7) is 2.62. The molecule has 1 aliphatic rings. The molecule has 1 fully saturated rings. The fourth-order valence-electron chi connectivity index (χ4n) is 3.09. The number of quaternary nitrogens is 1. The number of nitrogens with one attached hydrogen (secondary N) is 1. The number of halogens is 3. The van der Waals surface area contributed by atoms with Gasteiger partial charge in [0.15, 0.2) is 0 Å². The van der Waals surface area contributed by atoms with E-state index >= 15 is 0 Å². The van der Waals surface area contributed by atoms with Gasteiger partial charge in [0.2, 0.25) is 10.0 Å². The van der Waals surface area contributed by atoms with Crippen LogP contribution in [0.1, 0.15) is 11.1 Å². The quantitative estimate of drug-likeness (QED) is 0.872. The molecule has 0 aliphatic carbocycles. The Morgan fingerprint density at radius 1 is 0.962 bits per heavy atom. The Bertz CT molecular complexity index is 846. The van der Waals surface area contributed by atoms with Crippen LogP contribution in [0.15, 0.2) is 59.5 Å². The molecule has 0 atom stereocenters. The van der Waals surface area contributed by atoms with Crippen molar-refractivity contribution in [2.45, 2.75) is 17.6 Å². The second-order valence-corrected chi connectivity index (χ2v) is 8.28. The van der Waals surface area contributed by atoms with Gasteiger partial charge in [-0.1, -0.05) is 36.4 Å². The summed E-state index contributed by atoms with van der Waals surface area (Å²) < 4.78 is 65.2. The van der Waals surface area contributed by atoms with Gasteiger partial charge in [0.25, 0.3) is 0 Å². The SMILES string of the molecule is O=S(=O)(c1cccc(C(F)(F)F)c1)N1CC[NH+](Cc2ccccc2)CC1. The smallest absolute Gasteiger partial charge is 0.329 e. The van der Waals surface area contributed by atoms with E-state index in [0.717, 1.165) is 18.7 Å². The third kappa shape index (κ3) is 4.25. The van der Waals surface area contributed by atoms with Crippen molar-refractivity contribution in [3.63, 3.8) is 0 Å². The van der Waals surface area contributed by atoms with Crippen LogP contribution in [-0.2, 0) is 22.7 Å². The van der Waals surface area contributed by atoms with E-state index in [4.69, 9.17) is 0 Å². The monoisotopic (exact) mass is 385 g/mol. The Hall–Kier alpha value is -1.90. The number of hydrogen-bond donors (Lipinski definition) is 1. The van der Waals surface area contributed by atoms with Crippen LogP contribution in [0.2, 0.25) is 0 Å². The van der Waals surface area contributed by atoms with Crippen LogP contribution in [0.3, 0.4) is 0 Å². The van der Waals surface area contributed by atoms with Crippen molar-refractivity contribution in [1.29, 1.82) is 0 Å². The molecule has 1 heterocycles. The average molecular weight is 385 g/mol. The molecule has 1 aliphatic heterocycles. The van der Waals surface area contributed by atoms with Gasteiger partial charge in [0.1, 0.15) is 6.54 Å². The fourth-order valence-corrected chi connectivity index (χ4v) is 4.57. The molecule has 140 valence electrons. The lowest BCUT2D eigenvalue weighted by Gasteiger charge is -2.31. The first-order valence-corrected chi connectivity index (χ1v) is 9.76. The molecule has 0 saturated carbocycles. The van der Waals surface area contributed by atoms with E-state index < -0.39 is 21.8 Å². The largest absolute Gasteiger partial charge is 0.416 e. The van der Waals surface area contributed by atoms with Crippen molar-refractivity contribution < 1.29 is 26.5 Å². The lowest BCUT2D eigenvalue weighted by Crippen LogP contribution is -3.13. The molecule has 0 unspecified atom stereocenters. The highest BCUT2D eigenvalue weighted by molar-refractivity contribution is 7.89. The van der Waals surface area contributed by atoms with Crippen LogP contribution >= 0.6 is 0 Å². The number of hydrogen-bond acceptors (Lipinski definition) is 2. The minimum absolute atomic E-state index is 0.292. The molecule has 2 aromatic carbocycles. The summed E-state index contributed by atoms with van der Waals surface area (Å²) in [5.74, 6) is 0. The first-order chi connectivity index (χ1) is 12.3. The summed E-state index contributed by atoms with van der Waals surface area (Å²) in [4.78, 5) is 0.950. The predicted octanol–water partition coefficient (Wildman–Crippen LogP) is 1.79. The molecule has 0 aromatic heterocycles. The first-order valence-electron chi connectivity index (χ1n) is 8.32. The van der Waals surface area contributed by atoms with Gasteiger partial charge < -0.3 is 4.90 Å². The molecular formula is C18H20F3N2O2S+. The van der Waals surface area contributed by atoms with Crippen molar-refractivity contribution in [3.8, 4) is 0 Å². The highest BCUT2D eigenvalue weighted by Gasteiger charge is 2.34. The summed E-state index contributed by atoms with van der Waals surface area (Å²) in [7, 11) is -3.92. The number of rotatable bonds is 4. The Morgan fingerprint density at radius 2 is 1.62 bits per heavy atom. The Kier molecular flexibility index (Phi) is 5.36. The molecule has 26 heavy (non-hydrogen) atoms. The fraction of sp³-hybridized carbons (Fsp3) is 0.333. The van der Waals surface area contributed by atoms with Crippen LogP contribution < -0.4 is 4.90 Å². The molecule has 2 aromatic rings. The van der Waals surface area contributed by atoms with E-state index in [1.807, 2.05) is 30.3 Å². The lowest BCUT2D eigenvalue weighted by molar-refractivity contribution is -0.917. The van der Waals surface area contributed by atoms with E-state index in [0.29, 0.717) is 32.2 Å². The van der Waals surface area contributed by atoms with Gasteiger partial charge in [0, 0.05) is 5.56 Å². The zero-order valence-corrected chi connectivity index (χ0v) is 14.9. The summed E-state index contributed by atoms with van der Waals surface area (Å²) in [5.41, 5.74) is 0.226. The van der Waals surface area contributed by atoms with E-state index in [1.54, 1.807) is 0 Å². The van der Waals surface area contributed by atoms with Crippen LogP contribution in [0, 0.1) is 0 Å². The molecule has 0 amide bonds. The predicted molar refractivity (Wildman–Crippen MR) is 91.0 cm³/mol.